The molecular weight excluding hydrogens is 268 g/mol. The lowest BCUT2D eigenvalue weighted by atomic mass is 10.2. The largest absolute Gasteiger partial charge is 0.373 e. The van der Waals surface area contributed by atoms with Crippen LogP contribution in [0.5, 0.6) is 0 Å². The molecule has 1 fully saturated rings. The third-order valence-electron chi connectivity index (χ3n) is 3.64. The van der Waals surface area contributed by atoms with Gasteiger partial charge >= 0.3 is 0 Å². The number of rotatable bonds is 6. The Hall–Kier alpha value is -1.40. The van der Waals surface area contributed by atoms with E-state index >= 15 is 0 Å². The number of carbonyl (C=O) groups excluding carboxylic acids is 1. The number of nitrogens with zero attached hydrogens (tertiary/aromatic N) is 3. The lowest BCUT2D eigenvalue weighted by Gasteiger charge is -2.35. The lowest BCUT2D eigenvalue weighted by molar-refractivity contribution is -0.121. The molecule has 1 aromatic heterocycles. The number of morpholine rings is 1. The second-order valence-corrected chi connectivity index (χ2v) is 5.89. The summed E-state index contributed by atoms with van der Waals surface area (Å²) in [6, 6.07) is 0. The maximum absolute atomic E-state index is 11.8. The van der Waals surface area contributed by atoms with Gasteiger partial charge in [0.1, 0.15) is 0 Å². The molecule has 1 aliphatic rings. The lowest BCUT2D eigenvalue weighted by Crippen LogP contribution is -2.47. The summed E-state index contributed by atoms with van der Waals surface area (Å²) in [6.07, 6.45) is 5.56. The molecule has 0 unspecified atom stereocenters. The maximum Gasteiger partial charge on any atom is 0.220 e. The van der Waals surface area contributed by atoms with Gasteiger partial charge in [-0.15, -0.1) is 0 Å². The Balaban J connectivity index is 1.60. The van der Waals surface area contributed by atoms with Crippen molar-refractivity contribution in [1.29, 1.82) is 0 Å². The number of aryl methyl sites for hydroxylation is 2. The molecule has 1 aliphatic heterocycles. The molecule has 0 aliphatic carbocycles. The van der Waals surface area contributed by atoms with Crippen LogP contribution in [0.15, 0.2) is 12.4 Å². The molecule has 6 nitrogen and oxygen atoms in total. The number of aromatic nitrogens is 2. The van der Waals surface area contributed by atoms with E-state index in [-0.39, 0.29) is 18.1 Å². The van der Waals surface area contributed by atoms with Crippen LogP contribution in [0, 0.1) is 0 Å². The quantitative estimate of drug-likeness (QED) is 0.834. The van der Waals surface area contributed by atoms with Crippen LogP contribution in [0.3, 0.4) is 0 Å². The maximum atomic E-state index is 11.8. The van der Waals surface area contributed by atoms with E-state index in [9.17, 15) is 4.79 Å². The highest BCUT2D eigenvalue weighted by molar-refractivity contribution is 5.76. The molecule has 0 aromatic carbocycles. The molecular formula is C15H26N4O2. The predicted molar refractivity (Wildman–Crippen MR) is 81.0 cm³/mol. The molecule has 1 saturated heterocycles. The van der Waals surface area contributed by atoms with Crippen LogP contribution < -0.4 is 5.32 Å². The molecule has 2 atom stereocenters. The highest BCUT2D eigenvalue weighted by Gasteiger charge is 2.21. The average molecular weight is 294 g/mol. The normalized spacial score (nSPS) is 23.2. The average Bonchev–Trinajstić information content (AvgIpc) is 2.81. The van der Waals surface area contributed by atoms with Crippen LogP contribution in [0.4, 0.5) is 0 Å². The minimum Gasteiger partial charge on any atom is -0.373 e. The molecule has 2 heterocycles. The van der Waals surface area contributed by atoms with Gasteiger partial charge in [0.05, 0.1) is 18.4 Å². The molecule has 2 rings (SSSR count). The second-order valence-electron chi connectivity index (χ2n) is 5.89. The van der Waals surface area contributed by atoms with Gasteiger partial charge in [0.25, 0.3) is 0 Å². The topological polar surface area (TPSA) is 59.4 Å². The smallest absolute Gasteiger partial charge is 0.220 e. The van der Waals surface area contributed by atoms with Crippen LogP contribution in [-0.4, -0.2) is 59.0 Å². The minimum atomic E-state index is 0.105. The van der Waals surface area contributed by atoms with Crippen LogP contribution in [0.25, 0.3) is 0 Å². The Kier molecular flexibility index (Phi) is 5.76. The van der Waals surface area contributed by atoms with Crippen molar-refractivity contribution in [3.8, 4) is 0 Å². The van der Waals surface area contributed by atoms with Crippen molar-refractivity contribution in [3.63, 3.8) is 0 Å². The summed E-state index contributed by atoms with van der Waals surface area (Å²) in [5, 5.41) is 7.09. The fourth-order valence-electron chi connectivity index (χ4n) is 2.77. The summed E-state index contributed by atoms with van der Waals surface area (Å²) in [7, 11) is 1.88. The molecule has 1 N–H and O–H groups in total. The van der Waals surface area contributed by atoms with E-state index in [0.29, 0.717) is 13.0 Å². The fourth-order valence-corrected chi connectivity index (χ4v) is 2.77. The summed E-state index contributed by atoms with van der Waals surface area (Å²) >= 11 is 0. The Bertz CT molecular complexity index is 450. The highest BCUT2D eigenvalue weighted by Crippen LogP contribution is 2.09. The van der Waals surface area contributed by atoms with E-state index in [1.807, 2.05) is 19.4 Å². The van der Waals surface area contributed by atoms with E-state index in [2.05, 4.69) is 29.2 Å². The standard InChI is InChI=1S/C15H26N4O2/c1-12-9-19(10-13(2)21-12)7-6-16-15(20)5-4-14-8-17-18(3)11-14/h8,11-13H,4-7,9-10H2,1-3H3,(H,16,20)/t12-,13-/m1/s1. The zero-order chi connectivity index (χ0) is 15.2. The van der Waals surface area contributed by atoms with E-state index in [0.717, 1.165) is 31.6 Å². The summed E-state index contributed by atoms with van der Waals surface area (Å²) < 4.78 is 7.45. The van der Waals surface area contributed by atoms with Gasteiger partial charge in [-0.2, -0.15) is 5.10 Å². The number of carbonyl (C=O) groups is 1. The number of ether oxygens (including phenoxy) is 1. The van der Waals surface area contributed by atoms with Crippen LogP contribution in [0.2, 0.25) is 0 Å². The SMILES string of the molecule is C[C@@H]1CN(CCNC(=O)CCc2cnn(C)c2)C[C@@H](C)O1. The Morgan fingerprint density at radius 3 is 2.76 bits per heavy atom. The Labute approximate surface area is 126 Å². The zero-order valence-electron chi connectivity index (χ0n) is 13.2. The highest BCUT2D eigenvalue weighted by atomic mass is 16.5. The van der Waals surface area contributed by atoms with Crippen LogP contribution in [-0.2, 0) is 23.0 Å². The molecule has 0 radical (unpaired) electrons. The molecule has 0 saturated carbocycles. The number of hydrogen-bond acceptors (Lipinski definition) is 4. The van der Waals surface area contributed by atoms with Gasteiger partial charge < -0.3 is 10.1 Å². The summed E-state index contributed by atoms with van der Waals surface area (Å²) in [6.45, 7) is 7.65. The first kappa shape index (κ1) is 16.0. The molecule has 0 spiro atoms. The molecule has 118 valence electrons. The van der Waals surface area contributed by atoms with Gasteiger partial charge in [-0.05, 0) is 25.8 Å². The van der Waals surface area contributed by atoms with Crippen molar-refractivity contribution in [2.45, 2.75) is 38.9 Å². The summed E-state index contributed by atoms with van der Waals surface area (Å²) in [4.78, 5) is 14.2. The monoisotopic (exact) mass is 294 g/mol. The molecule has 21 heavy (non-hydrogen) atoms. The van der Waals surface area contributed by atoms with Gasteiger partial charge in [-0.1, -0.05) is 0 Å². The second kappa shape index (κ2) is 7.56. The predicted octanol–water partition coefficient (Wildman–Crippen LogP) is 0.578. The van der Waals surface area contributed by atoms with Crippen molar-refractivity contribution in [1.82, 2.24) is 20.0 Å². The summed E-state index contributed by atoms with van der Waals surface area (Å²) in [5.74, 6) is 0.105. The zero-order valence-corrected chi connectivity index (χ0v) is 13.2. The summed E-state index contributed by atoms with van der Waals surface area (Å²) in [5.41, 5.74) is 1.10. The molecule has 0 bridgehead atoms. The fraction of sp³-hybridized carbons (Fsp3) is 0.733. The van der Waals surface area contributed by atoms with Crippen molar-refractivity contribution < 1.29 is 9.53 Å². The molecule has 6 heteroatoms. The molecule has 1 amide bonds. The first-order valence-electron chi connectivity index (χ1n) is 7.65. The van der Waals surface area contributed by atoms with E-state index < -0.39 is 0 Å². The first-order chi connectivity index (χ1) is 10.0. The van der Waals surface area contributed by atoms with Crippen LogP contribution >= 0.6 is 0 Å². The van der Waals surface area contributed by atoms with Crippen molar-refractivity contribution in [2.75, 3.05) is 26.2 Å². The van der Waals surface area contributed by atoms with Crippen molar-refractivity contribution in [3.05, 3.63) is 18.0 Å². The first-order valence-corrected chi connectivity index (χ1v) is 7.65. The minimum absolute atomic E-state index is 0.105. The van der Waals surface area contributed by atoms with Crippen molar-refractivity contribution >= 4 is 5.91 Å². The Morgan fingerprint density at radius 1 is 1.43 bits per heavy atom. The van der Waals surface area contributed by atoms with Gasteiger partial charge in [0.2, 0.25) is 5.91 Å². The van der Waals surface area contributed by atoms with Crippen molar-refractivity contribution in [2.24, 2.45) is 7.05 Å². The Morgan fingerprint density at radius 2 is 2.14 bits per heavy atom. The number of hydrogen-bond donors (Lipinski definition) is 1. The molecule has 1 aromatic rings. The van der Waals surface area contributed by atoms with Gasteiger partial charge in [0, 0.05) is 45.8 Å². The van der Waals surface area contributed by atoms with E-state index in [4.69, 9.17) is 4.74 Å². The van der Waals surface area contributed by atoms with Gasteiger partial charge in [-0.3, -0.25) is 14.4 Å². The van der Waals surface area contributed by atoms with E-state index in [1.165, 1.54) is 0 Å². The number of nitrogens with one attached hydrogen (secondary N) is 1. The van der Waals surface area contributed by atoms with Crippen LogP contribution in [0.1, 0.15) is 25.8 Å². The third-order valence-corrected chi connectivity index (χ3v) is 3.64. The third kappa shape index (κ3) is 5.47. The number of amides is 1. The van der Waals surface area contributed by atoms with Gasteiger partial charge in [0.15, 0.2) is 0 Å². The van der Waals surface area contributed by atoms with E-state index in [1.54, 1.807) is 4.68 Å². The van der Waals surface area contributed by atoms with Gasteiger partial charge in [-0.25, -0.2) is 0 Å².